The van der Waals surface area contributed by atoms with Gasteiger partial charge in [0.25, 0.3) is 0 Å². The van der Waals surface area contributed by atoms with Gasteiger partial charge in [-0.15, -0.1) is 0 Å². The van der Waals surface area contributed by atoms with Crippen LogP contribution < -0.4 is 0 Å². The van der Waals surface area contributed by atoms with Crippen molar-refractivity contribution in [3.8, 4) is 0 Å². The molecule has 0 spiro atoms. The molecular weight excluding hydrogens is 237 g/mol. The van der Waals surface area contributed by atoms with Gasteiger partial charge in [0, 0.05) is 6.04 Å². The summed E-state index contributed by atoms with van der Waals surface area (Å²) in [7, 11) is -0.993. The molecule has 0 aliphatic rings. The fourth-order valence-corrected chi connectivity index (χ4v) is 7.10. The Kier molecular flexibility index (Phi) is 11.2. The lowest BCUT2D eigenvalue weighted by atomic mass is 10.3. The second-order valence-electron chi connectivity index (χ2n) is 5.70. The van der Waals surface area contributed by atoms with Crippen LogP contribution in [0.2, 0.25) is 0 Å². The number of rotatable bonds is 11. The molecule has 0 radical (unpaired) electrons. The van der Waals surface area contributed by atoms with Gasteiger partial charge in [-0.05, 0) is 58.1 Å². The highest BCUT2D eigenvalue weighted by molar-refractivity contribution is 7.66. The lowest BCUT2D eigenvalue weighted by molar-refractivity contribution is 0.716. The molecule has 18 heavy (non-hydrogen) atoms. The Bertz CT molecular complexity index is 207. The van der Waals surface area contributed by atoms with Crippen molar-refractivity contribution in [3.63, 3.8) is 0 Å². The summed E-state index contributed by atoms with van der Waals surface area (Å²) in [4.78, 5) is 0. The van der Waals surface area contributed by atoms with E-state index in [2.05, 4.69) is 34.6 Å². The predicted octanol–water partition coefficient (Wildman–Crippen LogP) is 6.39. The first-order chi connectivity index (χ1) is 8.64. The molecule has 2 heteroatoms. The fraction of sp³-hybridized carbons (Fsp3) is 1.00. The van der Waals surface area contributed by atoms with E-state index in [1.807, 2.05) is 0 Å². The first-order valence-electron chi connectivity index (χ1n) is 8.22. The zero-order chi connectivity index (χ0) is 13.9. The minimum atomic E-state index is -0.993. The smallest absolute Gasteiger partial charge is 0.0453 e. The van der Waals surface area contributed by atoms with Crippen molar-refractivity contribution in [1.82, 2.24) is 0 Å². The van der Waals surface area contributed by atoms with Gasteiger partial charge >= 0.3 is 0 Å². The Balaban J connectivity index is 4.90. The normalized spacial score (nSPS) is 13.6. The lowest BCUT2D eigenvalue weighted by Gasteiger charge is -2.27. The number of hydrogen-bond donors (Lipinski definition) is 0. The Morgan fingerprint density at radius 2 is 1.17 bits per heavy atom. The molecule has 0 aromatic rings. The van der Waals surface area contributed by atoms with Gasteiger partial charge in [-0.25, -0.2) is 0 Å². The van der Waals surface area contributed by atoms with Crippen molar-refractivity contribution in [2.75, 3.05) is 18.5 Å². The summed E-state index contributed by atoms with van der Waals surface area (Å²) in [5, 5.41) is 0. The Hall–Kier alpha value is 0.230. The summed E-state index contributed by atoms with van der Waals surface area (Å²) in [6.07, 6.45) is 13.6. The third kappa shape index (κ3) is 7.62. The van der Waals surface area contributed by atoms with Crippen LogP contribution in [0.15, 0.2) is 4.74 Å². The maximum Gasteiger partial charge on any atom is 0.0453 e. The van der Waals surface area contributed by atoms with Crippen molar-refractivity contribution < 1.29 is 0 Å². The van der Waals surface area contributed by atoms with Gasteiger partial charge in [0.1, 0.15) is 0 Å². The van der Waals surface area contributed by atoms with Crippen molar-refractivity contribution in [2.45, 2.75) is 85.6 Å². The van der Waals surface area contributed by atoms with E-state index in [1.165, 1.54) is 63.4 Å². The molecule has 0 bridgehead atoms. The van der Waals surface area contributed by atoms with Gasteiger partial charge < -0.3 is 4.74 Å². The van der Waals surface area contributed by atoms with Crippen LogP contribution in [-0.4, -0.2) is 24.5 Å². The SMILES string of the molecule is CCCCP(CCCC)(CCCC)=NC(C)CC. The number of nitrogens with zero attached hydrogens (tertiary/aromatic N) is 1. The molecule has 0 rings (SSSR count). The molecular formula is C16H36NP. The minimum Gasteiger partial charge on any atom is -0.300 e. The molecule has 0 saturated carbocycles. The number of hydrogen-bond acceptors (Lipinski definition) is 1. The highest BCUT2D eigenvalue weighted by Crippen LogP contribution is 2.52. The third-order valence-corrected chi connectivity index (χ3v) is 8.15. The molecule has 0 saturated heterocycles. The highest BCUT2D eigenvalue weighted by atomic mass is 31.2. The van der Waals surface area contributed by atoms with Gasteiger partial charge in [-0.2, -0.15) is 0 Å². The second kappa shape index (κ2) is 11.1. The van der Waals surface area contributed by atoms with Crippen molar-refractivity contribution in [1.29, 1.82) is 0 Å². The topological polar surface area (TPSA) is 12.4 Å². The molecule has 0 amide bonds. The van der Waals surface area contributed by atoms with E-state index in [0.29, 0.717) is 6.04 Å². The van der Waals surface area contributed by atoms with E-state index in [1.54, 1.807) is 0 Å². The van der Waals surface area contributed by atoms with Crippen molar-refractivity contribution in [2.24, 2.45) is 4.74 Å². The summed E-state index contributed by atoms with van der Waals surface area (Å²) in [5.41, 5.74) is 0. The van der Waals surface area contributed by atoms with E-state index >= 15 is 0 Å². The minimum absolute atomic E-state index is 0.587. The van der Waals surface area contributed by atoms with E-state index in [-0.39, 0.29) is 0 Å². The molecule has 0 N–H and O–H groups in total. The molecule has 0 fully saturated rings. The standard InChI is InChI=1S/C16H36NP/c1-6-10-13-18(14-11-7-2,15-12-8-3)17-16(5)9-4/h16H,6-15H2,1-5H3. The van der Waals surface area contributed by atoms with Gasteiger partial charge in [0.15, 0.2) is 0 Å². The van der Waals surface area contributed by atoms with Crippen LogP contribution in [0, 0.1) is 0 Å². The highest BCUT2D eigenvalue weighted by Gasteiger charge is 2.18. The Morgan fingerprint density at radius 1 is 0.778 bits per heavy atom. The van der Waals surface area contributed by atoms with E-state index in [9.17, 15) is 0 Å². The second-order valence-corrected chi connectivity index (χ2v) is 9.46. The van der Waals surface area contributed by atoms with E-state index in [4.69, 9.17) is 4.74 Å². The predicted molar refractivity (Wildman–Crippen MR) is 88.4 cm³/mol. The monoisotopic (exact) mass is 273 g/mol. The summed E-state index contributed by atoms with van der Waals surface area (Å²) in [5.74, 6) is 0. The van der Waals surface area contributed by atoms with Crippen LogP contribution in [0.3, 0.4) is 0 Å². The van der Waals surface area contributed by atoms with Gasteiger partial charge in [-0.3, -0.25) is 0 Å². The molecule has 110 valence electrons. The van der Waals surface area contributed by atoms with Crippen molar-refractivity contribution >= 4 is 7.05 Å². The average molecular weight is 273 g/mol. The van der Waals surface area contributed by atoms with Gasteiger partial charge in [0.05, 0.1) is 0 Å². The molecule has 0 aliphatic heterocycles. The summed E-state index contributed by atoms with van der Waals surface area (Å²) >= 11 is 0. The van der Waals surface area contributed by atoms with E-state index in [0.717, 1.165) is 0 Å². The maximum absolute atomic E-state index is 5.35. The molecule has 1 nitrogen and oxygen atoms in total. The quantitative estimate of drug-likeness (QED) is 0.387. The number of unbranched alkanes of at least 4 members (excludes halogenated alkanes) is 3. The van der Waals surface area contributed by atoms with Crippen LogP contribution in [0.5, 0.6) is 0 Å². The third-order valence-electron chi connectivity index (χ3n) is 3.82. The van der Waals surface area contributed by atoms with Crippen LogP contribution in [0.25, 0.3) is 0 Å². The molecule has 1 unspecified atom stereocenters. The Morgan fingerprint density at radius 3 is 1.44 bits per heavy atom. The van der Waals surface area contributed by atoms with Crippen LogP contribution in [0.4, 0.5) is 0 Å². The molecule has 0 aliphatic carbocycles. The zero-order valence-corrected chi connectivity index (χ0v) is 14.4. The van der Waals surface area contributed by atoms with Crippen LogP contribution >= 0.6 is 7.05 Å². The first-order valence-corrected chi connectivity index (χ1v) is 10.5. The molecule has 1 atom stereocenters. The van der Waals surface area contributed by atoms with Gasteiger partial charge in [0.2, 0.25) is 0 Å². The molecule has 0 aromatic carbocycles. The summed E-state index contributed by atoms with van der Waals surface area (Å²) < 4.78 is 5.35. The lowest BCUT2D eigenvalue weighted by Crippen LogP contribution is -2.05. The van der Waals surface area contributed by atoms with Crippen molar-refractivity contribution in [3.05, 3.63) is 0 Å². The summed E-state index contributed by atoms with van der Waals surface area (Å²) in [6.45, 7) is 11.5. The maximum atomic E-state index is 5.35. The van der Waals surface area contributed by atoms with Gasteiger partial charge in [-0.1, -0.05) is 47.0 Å². The molecule has 0 aromatic heterocycles. The van der Waals surface area contributed by atoms with Crippen LogP contribution in [0.1, 0.15) is 79.6 Å². The molecule has 0 heterocycles. The average Bonchev–Trinajstić information content (AvgIpc) is 2.40. The zero-order valence-electron chi connectivity index (χ0n) is 13.5. The summed E-state index contributed by atoms with van der Waals surface area (Å²) in [6, 6.07) is 0.587. The first kappa shape index (κ1) is 18.2. The fourth-order valence-electron chi connectivity index (χ4n) is 2.37. The largest absolute Gasteiger partial charge is 0.300 e. The van der Waals surface area contributed by atoms with Crippen LogP contribution in [-0.2, 0) is 0 Å². The Labute approximate surface area is 116 Å². The van der Waals surface area contributed by atoms with E-state index < -0.39 is 7.05 Å².